The van der Waals surface area contributed by atoms with Crippen LogP contribution < -0.4 is 10.6 Å². The first kappa shape index (κ1) is 14.8. The Kier molecular flexibility index (Phi) is 4.88. The topological polar surface area (TPSA) is 41.1 Å². The highest BCUT2D eigenvalue weighted by atomic mass is 16.1. The van der Waals surface area contributed by atoms with Gasteiger partial charge >= 0.3 is 0 Å². The Morgan fingerprint density at radius 2 is 1.89 bits per heavy atom. The van der Waals surface area contributed by atoms with Crippen LogP contribution in [-0.2, 0) is 4.79 Å². The van der Waals surface area contributed by atoms with E-state index in [1.165, 1.54) is 32.1 Å². The maximum absolute atomic E-state index is 12.1. The van der Waals surface area contributed by atoms with Gasteiger partial charge < -0.3 is 10.6 Å². The molecule has 0 radical (unpaired) electrons. The van der Waals surface area contributed by atoms with Crippen molar-refractivity contribution in [2.24, 2.45) is 17.3 Å². The Morgan fingerprint density at radius 1 is 1.16 bits per heavy atom. The van der Waals surface area contributed by atoms with Gasteiger partial charge in [0.2, 0.25) is 5.91 Å². The van der Waals surface area contributed by atoms with E-state index in [2.05, 4.69) is 31.4 Å². The smallest absolute Gasteiger partial charge is 0.222 e. The van der Waals surface area contributed by atoms with Crippen molar-refractivity contribution in [2.75, 3.05) is 13.1 Å². The summed E-state index contributed by atoms with van der Waals surface area (Å²) in [5.41, 5.74) is 0.217. The predicted octanol–water partition coefficient (Wildman–Crippen LogP) is 2.71. The molecule has 0 aromatic heterocycles. The van der Waals surface area contributed by atoms with Gasteiger partial charge in [-0.25, -0.2) is 0 Å². The molecular weight excluding hydrogens is 236 g/mol. The molecule has 2 rings (SSSR count). The standard InChI is InChI=1S/C16H30N2O/c1-12-6-4-5-7-14-10-13(8-9-17-14)16(2,3)11-18-15(12)19/h12-14,17H,4-11H2,1-3H3,(H,18,19). The van der Waals surface area contributed by atoms with Crippen molar-refractivity contribution in [3.8, 4) is 0 Å². The molecule has 2 aliphatic rings. The summed E-state index contributed by atoms with van der Waals surface area (Å²) in [5.74, 6) is 1.15. The monoisotopic (exact) mass is 266 g/mol. The molecule has 3 nitrogen and oxygen atoms in total. The van der Waals surface area contributed by atoms with E-state index < -0.39 is 0 Å². The number of piperidine rings is 1. The fourth-order valence-electron chi connectivity index (χ4n) is 3.54. The third-order valence-electron chi connectivity index (χ3n) is 5.21. The number of hydrogen-bond donors (Lipinski definition) is 2. The molecule has 1 amide bonds. The minimum Gasteiger partial charge on any atom is -0.355 e. The zero-order chi connectivity index (χ0) is 13.9. The van der Waals surface area contributed by atoms with E-state index in [-0.39, 0.29) is 17.2 Å². The molecule has 2 heterocycles. The van der Waals surface area contributed by atoms with Crippen LogP contribution >= 0.6 is 0 Å². The molecule has 110 valence electrons. The van der Waals surface area contributed by atoms with E-state index in [9.17, 15) is 4.79 Å². The number of nitrogens with one attached hydrogen (secondary N) is 2. The summed E-state index contributed by atoms with van der Waals surface area (Å²) in [6.45, 7) is 8.66. The second kappa shape index (κ2) is 6.25. The number of fused-ring (bicyclic) bond motifs is 2. The summed E-state index contributed by atoms with van der Waals surface area (Å²) in [5, 5.41) is 6.86. The highest BCUT2D eigenvalue weighted by Gasteiger charge is 2.34. The van der Waals surface area contributed by atoms with Crippen LogP contribution in [0.25, 0.3) is 0 Å². The zero-order valence-corrected chi connectivity index (χ0v) is 12.8. The highest BCUT2D eigenvalue weighted by molar-refractivity contribution is 5.78. The number of amides is 1. The van der Waals surface area contributed by atoms with Crippen molar-refractivity contribution >= 4 is 5.91 Å². The van der Waals surface area contributed by atoms with Crippen LogP contribution in [0.3, 0.4) is 0 Å². The van der Waals surface area contributed by atoms with Crippen molar-refractivity contribution < 1.29 is 4.79 Å². The minimum absolute atomic E-state index is 0.169. The third kappa shape index (κ3) is 3.95. The van der Waals surface area contributed by atoms with Crippen LogP contribution in [0.15, 0.2) is 0 Å². The summed E-state index contributed by atoms with van der Waals surface area (Å²) in [7, 11) is 0. The Balaban J connectivity index is 2.04. The molecule has 3 atom stereocenters. The highest BCUT2D eigenvalue weighted by Crippen LogP contribution is 2.35. The lowest BCUT2D eigenvalue weighted by Gasteiger charge is -2.41. The minimum atomic E-state index is 0.169. The Hall–Kier alpha value is -0.570. The maximum Gasteiger partial charge on any atom is 0.222 e. The van der Waals surface area contributed by atoms with E-state index in [1.807, 2.05) is 0 Å². The van der Waals surface area contributed by atoms with E-state index in [1.54, 1.807) is 0 Å². The molecule has 3 unspecified atom stereocenters. The Bertz CT molecular complexity index is 314. The first-order valence-corrected chi connectivity index (χ1v) is 8.00. The van der Waals surface area contributed by atoms with Crippen molar-refractivity contribution in [1.82, 2.24) is 10.6 Å². The van der Waals surface area contributed by atoms with Gasteiger partial charge in [-0.2, -0.15) is 0 Å². The lowest BCUT2D eigenvalue weighted by molar-refractivity contribution is -0.125. The molecule has 3 heteroatoms. The molecule has 2 saturated heterocycles. The third-order valence-corrected chi connectivity index (χ3v) is 5.21. The first-order chi connectivity index (χ1) is 8.99. The van der Waals surface area contributed by atoms with E-state index >= 15 is 0 Å². The van der Waals surface area contributed by atoms with Crippen LogP contribution in [0.5, 0.6) is 0 Å². The van der Waals surface area contributed by atoms with Crippen LogP contribution in [0.1, 0.15) is 59.3 Å². The van der Waals surface area contributed by atoms with Crippen LogP contribution in [-0.4, -0.2) is 25.0 Å². The normalized spacial score (nSPS) is 36.8. The summed E-state index contributed by atoms with van der Waals surface area (Å²) in [6, 6.07) is 0.698. The van der Waals surface area contributed by atoms with Gasteiger partial charge in [-0.05, 0) is 43.6 Å². The van der Waals surface area contributed by atoms with Crippen LogP contribution in [0.2, 0.25) is 0 Å². The number of hydrogen-bond acceptors (Lipinski definition) is 2. The van der Waals surface area contributed by atoms with Gasteiger partial charge in [0.15, 0.2) is 0 Å². The molecule has 0 aromatic carbocycles. The maximum atomic E-state index is 12.1. The molecule has 19 heavy (non-hydrogen) atoms. The number of rotatable bonds is 0. The lowest BCUT2D eigenvalue weighted by Crippen LogP contribution is -2.47. The van der Waals surface area contributed by atoms with Gasteiger partial charge in [0.25, 0.3) is 0 Å². The molecule has 0 saturated carbocycles. The summed E-state index contributed by atoms with van der Waals surface area (Å²) < 4.78 is 0. The SMILES string of the molecule is CC1CCCCC2CC(CCN2)C(C)(C)CNC1=O. The summed E-state index contributed by atoms with van der Waals surface area (Å²) >= 11 is 0. The average molecular weight is 266 g/mol. The van der Waals surface area contributed by atoms with Gasteiger partial charge in [-0.3, -0.25) is 4.79 Å². The molecular formula is C16H30N2O. The lowest BCUT2D eigenvalue weighted by atomic mass is 9.71. The van der Waals surface area contributed by atoms with Gasteiger partial charge in [0.05, 0.1) is 0 Å². The molecule has 2 fully saturated rings. The Labute approximate surface area is 117 Å². The van der Waals surface area contributed by atoms with E-state index in [0.29, 0.717) is 6.04 Å². The quantitative estimate of drug-likeness (QED) is 0.708. The van der Waals surface area contributed by atoms with E-state index in [4.69, 9.17) is 0 Å². The van der Waals surface area contributed by atoms with Crippen molar-refractivity contribution in [3.05, 3.63) is 0 Å². The molecule has 2 N–H and O–H groups in total. The summed E-state index contributed by atoms with van der Waals surface area (Å²) in [6.07, 6.45) is 7.26. The summed E-state index contributed by atoms with van der Waals surface area (Å²) in [4.78, 5) is 12.1. The number of carbonyl (C=O) groups is 1. The second-order valence-corrected chi connectivity index (χ2v) is 7.26. The zero-order valence-electron chi connectivity index (χ0n) is 12.8. The van der Waals surface area contributed by atoms with Gasteiger partial charge in [0, 0.05) is 18.5 Å². The van der Waals surface area contributed by atoms with Gasteiger partial charge in [0.1, 0.15) is 0 Å². The van der Waals surface area contributed by atoms with E-state index in [0.717, 1.165) is 25.4 Å². The van der Waals surface area contributed by atoms with Gasteiger partial charge in [-0.15, -0.1) is 0 Å². The van der Waals surface area contributed by atoms with Crippen molar-refractivity contribution in [2.45, 2.75) is 65.3 Å². The number of carbonyl (C=O) groups excluding carboxylic acids is 1. The average Bonchev–Trinajstić information content (AvgIpc) is 2.40. The van der Waals surface area contributed by atoms with Crippen LogP contribution in [0, 0.1) is 17.3 Å². The van der Waals surface area contributed by atoms with Crippen molar-refractivity contribution in [1.29, 1.82) is 0 Å². The van der Waals surface area contributed by atoms with Crippen molar-refractivity contribution in [3.63, 3.8) is 0 Å². The predicted molar refractivity (Wildman–Crippen MR) is 78.9 cm³/mol. The first-order valence-electron chi connectivity index (χ1n) is 8.00. The largest absolute Gasteiger partial charge is 0.355 e. The van der Waals surface area contributed by atoms with Gasteiger partial charge in [-0.1, -0.05) is 33.6 Å². The molecule has 0 aliphatic carbocycles. The fourth-order valence-corrected chi connectivity index (χ4v) is 3.54. The molecule has 2 bridgehead atoms. The molecule has 0 spiro atoms. The second-order valence-electron chi connectivity index (χ2n) is 7.26. The molecule has 0 aromatic rings. The Morgan fingerprint density at radius 3 is 2.68 bits per heavy atom. The van der Waals surface area contributed by atoms with Crippen LogP contribution in [0.4, 0.5) is 0 Å². The fraction of sp³-hybridized carbons (Fsp3) is 0.938. The molecule has 2 aliphatic heterocycles.